The van der Waals surface area contributed by atoms with Crippen molar-refractivity contribution < 1.29 is 22.3 Å². The molecule has 0 radical (unpaired) electrons. The molecule has 3 aromatic rings. The van der Waals surface area contributed by atoms with E-state index in [0.717, 1.165) is 0 Å². The van der Waals surface area contributed by atoms with Gasteiger partial charge in [-0.15, -0.1) is 11.3 Å². The number of nitrogens with one attached hydrogen (secondary N) is 1. The second-order valence-electron chi connectivity index (χ2n) is 7.02. The number of carbonyl (C=O) groups excluding carboxylic acids is 1. The van der Waals surface area contributed by atoms with E-state index < -0.39 is 15.7 Å². The molecule has 1 saturated heterocycles. The summed E-state index contributed by atoms with van der Waals surface area (Å²) >= 11 is 1.22. The molecule has 0 bridgehead atoms. The maximum atomic E-state index is 14.5. The predicted molar refractivity (Wildman–Crippen MR) is 112 cm³/mol. The van der Waals surface area contributed by atoms with Gasteiger partial charge in [0.15, 0.2) is 0 Å². The van der Waals surface area contributed by atoms with Crippen molar-refractivity contribution >= 4 is 37.2 Å². The highest BCUT2D eigenvalue weighted by atomic mass is 32.2. The van der Waals surface area contributed by atoms with Gasteiger partial charge in [0.2, 0.25) is 0 Å². The van der Waals surface area contributed by atoms with Crippen LogP contribution in [-0.4, -0.2) is 31.9 Å². The molecule has 1 aliphatic heterocycles. The summed E-state index contributed by atoms with van der Waals surface area (Å²) in [7, 11) is -3.01. The molecular formula is C21H20FNO4S2. The lowest BCUT2D eigenvalue weighted by molar-refractivity contribution is 0.0936. The summed E-state index contributed by atoms with van der Waals surface area (Å²) in [6, 6.07) is 13.7. The van der Waals surface area contributed by atoms with E-state index in [1.807, 2.05) is 18.2 Å². The summed E-state index contributed by atoms with van der Waals surface area (Å²) in [5.41, 5.74) is 0.507. The fourth-order valence-electron chi connectivity index (χ4n) is 3.45. The van der Waals surface area contributed by atoms with Crippen molar-refractivity contribution in [2.75, 3.05) is 11.5 Å². The SMILES string of the molecule is O=C(NC1CCS(=O)(=O)CC1)c1sc2cccc(F)c2c1COc1ccccc1. The molecule has 1 fully saturated rings. The molecule has 4 rings (SSSR count). The normalized spacial score (nSPS) is 16.6. The Kier molecular flexibility index (Phi) is 5.56. The highest BCUT2D eigenvalue weighted by Gasteiger charge is 2.27. The van der Waals surface area contributed by atoms with Gasteiger partial charge >= 0.3 is 0 Å². The first-order chi connectivity index (χ1) is 13.9. The van der Waals surface area contributed by atoms with Crippen LogP contribution in [0.5, 0.6) is 5.75 Å². The molecule has 0 saturated carbocycles. The van der Waals surface area contributed by atoms with Gasteiger partial charge in [-0.05, 0) is 37.1 Å². The monoisotopic (exact) mass is 433 g/mol. The van der Waals surface area contributed by atoms with Crippen molar-refractivity contribution in [1.29, 1.82) is 0 Å². The van der Waals surface area contributed by atoms with Crippen LogP contribution in [0.15, 0.2) is 48.5 Å². The highest BCUT2D eigenvalue weighted by Crippen LogP contribution is 2.34. The highest BCUT2D eigenvalue weighted by molar-refractivity contribution is 7.91. The summed E-state index contributed by atoms with van der Waals surface area (Å²) < 4.78 is 44.2. The molecule has 0 aliphatic carbocycles. The van der Waals surface area contributed by atoms with Gasteiger partial charge < -0.3 is 10.1 Å². The Morgan fingerprint density at radius 1 is 1.10 bits per heavy atom. The van der Waals surface area contributed by atoms with Crippen LogP contribution in [0, 0.1) is 5.82 Å². The number of carbonyl (C=O) groups is 1. The number of para-hydroxylation sites is 1. The first kappa shape index (κ1) is 19.8. The minimum absolute atomic E-state index is 0.0622. The number of benzene rings is 2. The fourth-order valence-corrected chi connectivity index (χ4v) is 6.06. The molecular weight excluding hydrogens is 413 g/mol. The molecule has 152 valence electrons. The van der Waals surface area contributed by atoms with Gasteiger partial charge in [0, 0.05) is 21.7 Å². The molecule has 0 atom stereocenters. The lowest BCUT2D eigenvalue weighted by Crippen LogP contribution is -2.40. The van der Waals surface area contributed by atoms with Crippen LogP contribution in [0.4, 0.5) is 4.39 Å². The maximum Gasteiger partial charge on any atom is 0.262 e. The number of halogens is 1. The number of hydrogen-bond donors (Lipinski definition) is 1. The number of ether oxygens (including phenoxy) is 1. The maximum absolute atomic E-state index is 14.5. The Hall–Kier alpha value is -2.45. The van der Waals surface area contributed by atoms with E-state index in [1.165, 1.54) is 17.4 Å². The largest absolute Gasteiger partial charge is 0.489 e. The van der Waals surface area contributed by atoms with E-state index in [0.29, 0.717) is 39.1 Å². The van der Waals surface area contributed by atoms with Gasteiger partial charge in [-0.3, -0.25) is 4.79 Å². The van der Waals surface area contributed by atoms with Crippen LogP contribution in [0.2, 0.25) is 0 Å². The van der Waals surface area contributed by atoms with E-state index in [1.54, 1.807) is 24.3 Å². The number of amides is 1. The molecule has 1 N–H and O–H groups in total. The van der Waals surface area contributed by atoms with E-state index in [-0.39, 0.29) is 30.1 Å². The van der Waals surface area contributed by atoms with Crippen LogP contribution in [-0.2, 0) is 16.4 Å². The van der Waals surface area contributed by atoms with E-state index in [2.05, 4.69) is 5.32 Å². The molecule has 1 aromatic heterocycles. The minimum atomic E-state index is -3.01. The van der Waals surface area contributed by atoms with Gasteiger partial charge in [-0.1, -0.05) is 24.3 Å². The lowest BCUT2D eigenvalue weighted by Gasteiger charge is -2.23. The topological polar surface area (TPSA) is 72.5 Å². The van der Waals surface area contributed by atoms with Crippen LogP contribution < -0.4 is 10.1 Å². The fraction of sp³-hybridized carbons (Fsp3) is 0.286. The summed E-state index contributed by atoms with van der Waals surface area (Å²) in [5, 5.41) is 3.31. The quantitative estimate of drug-likeness (QED) is 0.662. The molecule has 2 aromatic carbocycles. The number of thiophene rings is 1. The van der Waals surface area contributed by atoms with Gasteiger partial charge in [0.1, 0.15) is 28.0 Å². The summed E-state index contributed by atoms with van der Waals surface area (Å²) in [5.74, 6) is 0.0631. The van der Waals surface area contributed by atoms with Crippen LogP contribution >= 0.6 is 11.3 Å². The predicted octanol–water partition coefficient (Wildman–Crippen LogP) is 3.93. The molecule has 0 spiro atoms. The zero-order valence-electron chi connectivity index (χ0n) is 15.6. The smallest absolute Gasteiger partial charge is 0.262 e. The zero-order chi connectivity index (χ0) is 20.4. The summed E-state index contributed by atoms with van der Waals surface area (Å²) in [6.45, 7) is 0.0622. The minimum Gasteiger partial charge on any atom is -0.489 e. The third-order valence-corrected chi connectivity index (χ3v) is 7.90. The average Bonchev–Trinajstić information content (AvgIpc) is 3.09. The van der Waals surface area contributed by atoms with Gasteiger partial charge in [-0.25, -0.2) is 12.8 Å². The molecule has 5 nitrogen and oxygen atoms in total. The van der Waals surface area contributed by atoms with Crippen molar-refractivity contribution in [2.24, 2.45) is 0 Å². The van der Waals surface area contributed by atoms with E-state index in [4.69, 9.17) is 4.74 Å². The second-order valence-corrected chi connectivity index (χ2v) is 10.4. The van der Waals surface area contributed by atoms with Gasteiger partial charge in [-0.2, -0.15) is 0 Å². The second kappa shape index (κ2) is 8.12. The third kappa shape index (κ3) is 4.43. The Bertz CT molecular complexity index is 1130. The average molecular weight is 434 g/mol. The number of sulfone groups is 1. The summed E-state index contributed by atoms with van der Waals surface area (Å²) in [4.78, 5) is 13.4. The Balaban J connectivity index is 1.61. The first-order valence-electron chi connectivity index (χ1n) is 9.32. The first-order valence-corrected chi connectivity index (χ1v) is 12.0. The standard InChI is InChI=1S/C21H20FNO4S2/c22-17-7-4-8-18-19(17)16(13-27-15-5-2-1-3-6-15)20(28-18)21(24)23-14-9-11-29(25,26)12-10-14/h1-8,14H,9-13H2,(H,23,24). The Morgan fingerprint density at radius 3 is 2.55 bits per heavy atom. The van der Waals surface area contributed by atoms with Crippen LogP contribution in [0.1, 0.15) is 28.1 Å². The van der Waals surface area contributed by atoms with Crippen molar-refractivity contribution in [3.63, 3.8) is 0 Å². The van der Waals surface area contributed by atoms with E-state index >= 15 is 0 Å². The van der Waals surface area contributed by atoms with Crippen molar-refractivity contribution in [2.45, 2.75) is 25.5 Å². The van der Waals surface area contributed by atoms with E-state index in [9.17, 15) is 17.6 Å². The van der Waals surface area contributed by atoms with Gasteiger partial charge in [0.05, 0.1) is 16.4 Å². The molecule has 8 heteroatoms. The number of fused-ring (bicyclic) bond motifs is 1. The Labute approximate surface area is 172 Å². The molecule has 2 heterocycles. The number of rotatable bonds is 5. The molecule has 29 heavy (non-hydrogen) atoms. The van der Waals surface area contributed by atoms with Crippen molar-refractivity contribution in [1.82, 2.24) is 5.32 Å². The zero-order valence-corrected chi connectivity index (χ0v) is 17.2. The molecule has 1 amide bonds. The van der Waals surface area contributed by atoms with Crippen molar-refractivity contribution in [3.8, 4) is 5.75 Å². The van der Waals surface area contributed by atoms with Crippen molar-refractivity contribution in [3.05, 3.63) is 64.8 Å². The van der Waals surface area contributed by atoms with Crippen LogP contribution in [0.3, 0.4) is 0 Å². The number of hydrogen-bond acceptors (Lipinski definition) is 5. The molecule has 1 aliphatic rings. The Morgan fingerprint density at radius 2 is 1.83 bits per heavy atom. The summed E-state index contributed by atoms with van der Waals surface area (Å²) in [6.07, 6.45) is 0.784. The van der Waals surface area contributed by atoms with Gasteiger partial charge in [0.25, 0.3) is 5.91 Å². The molecule has 0 unspecified atom stereocenters. The third-order valence-electron chi connectivity index (χ3n) is 4.99. The van der Waals surface area contributed by atoms with Crippen LogP contribution in [0.25, 0.3) is 10.1 Å². The lowest BCUT2D eigenvalue weighted by atomic mass is 10.1.